The van der Waals surface area contributed by atoms with Crippen molar-refractivity contribution in [1.82, 2.24) is 4.98 Å². The second-order valence-corrected chi connectivity index (χ2v) is 3.63. The Labute approximate surface area is 101 Å². The minimum Gasteiger partial charge on any atom is -0.411 e. The Bertz CT molecular complexity index is 423. The summed E-state index contributed by atoms with van der Waals surface area (Å²) in [5.74, 6) is 5.15. The molecule has 0 aromatic carbocycles. The third kappa shape index (κ3) is 3.83. The van der Waals surface area contributed by atoms with Crippen LogP contribution >= 0.6 is 22.6 Å². The first kappa shape index (κ1) is 11.9. The maximum absolute atomic E-state index is 13.0. The molecule has 0 unspecified atom stereocenters. The van der Waals surface area contributed by atoms with Gasteiger partial charge in [0.05, 0.1) is 6.21 Å². The van der Waals surface area contributed by atoms with E-state index in [0.29, 0.717) is 5.69 Å². The van der Waals surface area contributed by atoms with Crippen molar-refractivity contribution in [2.24, 2.45) is 5.16 Å². The summed E-state index contributed by atoms with van der Waals surface area (Å²) in [7, 11) is 0. The molecule has 78 valence electrons. The van der Waals surface area contributed by atoms with Gasteiger partial charge in [-0.2, -0.15) is 0 Å². The number of hydrogen-bond donors (Lipinski definition) is 1. The molecule has 0 saturated carbocycles. The van der Waals surface area contributed by atoms with Crippen LogP contribution in [0.4, 0.5) is 4.39 Å². The third-order valence-electron chi connectivity index (χ3n) is 1.49. The van der Waals surface area contributed by atoms with Crippen molar-refractivity contribution in [3.63, 3.8) is 0 Å². The van der Waals surface area contributed by atoms with Crippen LogP contribution in [0.5, 0.6) is 0 Å². The van der Waals surface area contributed by atoms with E-state index in [-0.39, 0.29) is 5.69 Å². The number of oxime groups is 1. The fourth-order valence-electron chi connectivity index (χ4n) is 0.873. The van der Waals surface area contributed by atoms with Crippen molar-refractivity contribution in [2.75, 3.05) is 4.43 Å². The predicted octanol–water partition coefficient (Wildman–Crippen LogP) is 2.21. The number of pyridine rings is 1. The van der Waals surface area contributed by atoms with Crippen LogP contribution in [-0.4, -0.2) is 20.8 Å². The van der Waals surface area contributed by atoms with E-state index in [9.17, 15) is 4.39 Å². The van der Waals surface area contributed by atoms with Crippen molar-refractivity contribution >= 4 is 28.8 Å². The highest BCUT2D eigenvalue weighted by Crippen LogP contribution is 2.03. The number of hydrogen-bond acceptors (Lipinski definition) is 3. The van der Waals surface area contributed by atoms with E-state index in [2.05, 4.69) is 44.6 Å². The molecule has 0 atom stereocenters. The smallest absolute Gasteiger partial charge is 0.150 e. The molecule has 1 aromatic heterocycles. The molecule has 0 spiro atoms. The van der Waals surface area contributed by atoms with Gasteiger partial charge in [-0.1, -0.05) is 33.7 Å². The summed E-state index contributed by atoms with van der Waals surface area (Å²) in [5.41, 5.74) is 0.454. The highest BCUT2D eigenvalue weighted by molar-refractivity contribution is 14.1. The minimum absolute atomic E-state index is 0.0150. The molecule has 1 N–H and O–H groups in total. The first-order valence-corrected chi connectivity index (χ1v) is 5.69. The van der Waals surface area contributed by atoms with Gasteiger partial charge in [-0.3, -0.25) is 0 Å². The molecule has 3 nitrogen and oxygen atoms in total. The fraction of sp³-hybridized carbons (Fsp3) is 0.200. The van der Waals surface area contributed by atoms with Gasteiger partial charge in [0.25, 0.3) is 0 Å². The van der Waals surface area contributed by atoms with Gasteiger partial charge in [0.2, 0.25) is 0 Å². The van der Waals surface area contributed by atoms with Gasteiger partial charge in [0.15, 0.2) is 5.82 Å². The van der Waals surface area contributed by atoms with E-state index < -0.39 is 5.82 Å². The lowest BCUT2D eigenvalue weighted by atomic mass is 10.3. The Morgan fingerprint density at radius 3 is 3.07 bits per heavy atom. The standard InChI is InChI=1S/C10H8FIN2O/c11-9-5-4-8(3-1-2-6-12)14-10(9)7-13-15/h4-5,7,15H,2,6H2/b13-7+. The van der Waals surface area contributed by atoms with Crippen molar-refractivity contribution in [3.8, 4) is 11.8 Å². The van der Waals surface area contributed by atoms with E-state index in [4.69, 9.17) is 5.21 Å². The monoisotopic (exact) mass is 318 g/mol. The van der Waals surface area contributed by atoms with Crippen molar-refractivity contribution in [2.45, 2.75) is 6.42 Å². The van der Waals surface area contributed by atoms with Crippen LogP contribution in [0.1, 0.15) is 17.8 Å². The molecule has 0 aliphatic carbocycles. The van der Waals surface area contributed by atoms with E-state index in [1.165, 1.54) is 12.1 Å². The first-order valence-electron chi connectivity index (χ1n) is 4.16. The molecule has 5 heteroatoms. The molecule has 0 aliphatic rings. The summed E-state index contributed by atoms with van der Waals surface area (Å²) >= 11 is 2.22. The summed E-state index contributed by atoms with van der Waals surface area (Å²) in [6, 6.07) is 2.74. The largest absolute Gasteiger partial charge is 0.411 e. The van der Waals surface area contributed by atoms with Gasteiger partial charge in [0.1, 0.15) is 11.4 Å². The summed E-state index contributed by atoms with van der Waals surface area (Å²) in [5, 5.41) is 11.0. The minimum atomic E-state index is -0.535. The van der Waals surface area contributed by atoms with Gasteiger partial charge in [-0.15, -0.1) is 0 Å². The zero-order chi connectivity index (χ0) is 11.1. The molecular formula is C10H8FIN2O. The Morgan fingerprint density at radius 1 is 1.60 bits per heavy atom. The van der Waals surface area contributed by atoms with Crippen LogP contribution < -0.4 is 0 Å². The number of rotatable bonds is 2. The van der Waals surface area contributed by atoms with Crippen LogP contribution in [-0.2, 0) is 0 Å². The molecule has 1 aromatic rings. The Morgan fingerprint density at radius 2 is 2.40 bits per heavy atom. The lowest BCUT2D eigenvalue weighted by Crippen LogP contribution is -1.95. The molecule has 1 rings (SSSR count). The van der Waals surface area contributed by atoms with E-state index in [0.717, 1.165) is 17.1 Å². The quantitative estimate of drug-likeness (QED) is 0.227. The average Bonchev–Trinajstić information content (AvgIpc) is 2.23. The van der Waals surface area contributed by atoms with Gasteiger partial charge in [-0.25, -0.2) is 9.37 Å². The van der Waals surface area contributed by atoms with Crippen molar-refractivity contribution in [3.05, 3.63) is 29.3 Å². The average molecular weight is 318 g/mol. The maximum Gasteiger partial charge on any atom is 0.150 e. The Kier molecular flexibility index (Phi) is 5.04. The van der Waals surface area contributed by atoms with Crippen LogP contribution in [0.2, 0.25) is 0 Å². The topological polar surface area (TPSA) is 45.5 Å². The summed E-state index contributed by atoms with van der Waals surface area (Å²) in [6.45, 7) is 0. The summed E-state index contributed by atoms with van der Waals surface area (Å²) in [6.07, 6.45) is 1.71. The molecule has 1 heterocycles. The predicted molar refractivity (Wildman–Crippen MR) is 64.0 cm³/mol. The van der Waals surface area contributed by atoms with Crippen LogP contribution in [0.3, 0.4) is 0 Å². The zero-order valence-corrected chi connectivity index (χ0v) is 9.90. The SMILES string of the molecule is O/N=C/c1nc(C#CCCI)ccc1F. The molecular weight excluding hydrogens is 310 g/mol. The second-order valence-electron chi connectivity index (χ2n) is 2.55. The van der Waals surface area contributed by atoms with Crippen molar-refractivity contribution < 1.29 is 9.60 Å². The highest BCUT2D eigenvalue weighted by Gasteiger charge is 2.01. The third-order valence-corrected chi connectivity index (χ3v) is 2.03. The van der Waals surface area contributed by atoms with Crippen molar-refractivity contribution in [1.29, 1.82) is 0 Å². The Hall–Kier alpha value is -1.16. The molecule has 0 bridgehead atoms. The molecule has 0 fully saturated rings. The lowest BCUT2D eigenvalue weighted by molar-refractivity contribution is 0.321. The molecule has 0 saturated heterocycles. The molecule has 0 amide bonds. The molecule has 15 heavy (non-hydrogen) atoms. The number of aromatic nitrogens is 1. The van der Waals surface area contributed by atoms with E-state index in [1.54, 1.807) is 0 Å². The fourth-order valence-corrected chi connectivity index (χ4v) is 1.14. The van der Waals surface area contributed by atoms with Crippen LogP contribution in [0, 0.1) is 17.7 Å². The number of alkyl halides is 1. The summed E-state index contributed by atoms with van der Waals surface area (Å²) in [4.78, 5) is 3.87. The Balaban J connectivity index is 2.93. The number of halogens is 2. The first-order chi connectivity index (χ1) is 7.27. The summed E-state index contributed by atoms with van der Waals surface area (Å²) < 4.78 is 14.0. The van der Waals surface area contributed by atoms with Crippen LogP contribution in [0.25, 0.3) is 0 Å². The normalized spacial score (nSPS) is 10.0. The molecule has 0 aliphatic heterocycles. The van der Waals surface area contributed by atoms with E-state index in [1.807, 2.05) is 0 Å². The zero-order valence-electron chi connectivity index (χ0n) is 7.74. The second kappa shape index (κ2) is 6.35. The maximum atomic E-state index is 13.0. The van der Waals surface area contributed by atoms with E-state index >= 15 is 0 Å². The van der Waals surface area contributed by atoms with Gasteiger partial charge >= 0.3 is 0 Å². The van der Waals surface area contributed by atoms with Gasteiger partial charge in [0, 0.05) is 10.8 Å². The van der Waals surface area contributed by atoms with Crippen LogP contribution in [0.15, 0.2) is 17.3 Å². The lowest BCUT2D eigenvalue weighted by Gasteiger charge is -1.95. The van der Waals surface area contributed by atoms with Gasteiger partial charge in [-0.05, 0) is 18.1 Å². The highest BCUT2D eigenvalue weighted by atomic mass is 127. The van der Waals surface area contributed by atoms with Gasteiger partial charge < -0.3 is 5.21 Å². The number of nitrogens with zero attached hydrogens (tertiary/aromatic N) is 2. The molecule has 0 radical (unpaired) electrons.